The number of nitrogens with zero attached hydrogens (tertiary/aromatic N) is 4. The highest BCUT2D eigenvalue weighted by Crippen LogP contribution is 2.27. The Morgan fingerprint density at radius 2 is 1.76 bits per heavy atom. The number of imidazole rings is 1. The van der Waals surface area contributed by atoms with Gasteiger partial charge in [-0.05, 0) is 12.1 Å². The minimum atomic E-state index is -4.18. The number of hydrogen-bond acceptors (Lipinski definition) is 3. The summed E-state index contributed by atoms with van der Waals surface area (Å²) in [6, 6.07) is 10.3. The normalized spacial score (nSPS) is 17.7. The molecule has 1 aromatic carbocycles. The second kappa shape index (κ2) is 7.47. The molecule has 1 atom stereocenters. The summed E-state index contributed by atoms with van der Waals surface area (Å²) >= 11 is 0. The molecule has 0 bridgehead atoms. The minimum Gasteiger partial charge on any atom is -0.369 e. The van der Waals surface area contributed by atoms with Crippen LogP contribution in [-0.4, -0.2) is 46.8 Å². The van der Waals surface area contributed by atoms with E-state index in [2.05, 4.69) is 26.9 Å². The Labute approximate surface area is 145 Å². The summed E-state index contributed by atoms with van der Waals surface area (Å²) in [6.07, 6.45) is -1.01. The van der Waals surface area contributed by atoms with E-state index in [-0.39, 0.29) is 6.54 Å². The maximum absolute atomic E-state index is 12.8. The summed E-state index contributed by atoms with van der Waals surface area (Å²) in [5.74, 6) is -1.38. The van der Waals surface area contributed by atoms with Crippen LogP contribution in [0.2, 0.25) is 0 Å². The quantitative estimate of drug-likeness (QED) is 0.824. The van der Waals surface area contributed by atoms with Crippen LogP contribution in [0.15, 0.2) is 42.9 Å². The van der Waals surface area contributed by atoms with Gasteiger partial charge >= 0.3 is 6.18 Å². The highest BCUT2D eigenvalue weighted by molar-refractivity contribution is 5.46. The molecule has 4 nitrogen and oxygen atoms in total. The SMILES string of the molecule is CC(Cn1cncc1CN1CCN(c2ccccc2)CC1)C(F)(F)F. The average molecular weight is 352 g/mol. The van der Waals surface area contributed by atoms with Crippen molar-refractivity contribution in [1.82, 2.24) is 14.5 Å². The van der Waals surface area contributed by atoms with E-state index in [1.807, 2.05) is 18.2 Å². The molecule has 136 valence electrons. The van der Waals surface area contributed by atoms with Crippen molar-refractivity contribution in [1.29, 1.82) is 0 Å². The van der Waals surface area contributed by atoms with Crippen LogP contribution >= 0.6 is 0 Å². The number of rotatable bonds is 5. The van der Waals surface area contributed by atoms with Gasteiger partial charge in [-0.3, -0.25) is 4.90 Å². The molecule has 2 aromatic rings. The van der Waals surface area contributed by atoms with Crippen molar-refractivity contribution >= 4 is 5.69 Å². The molecule has 0 amide bonds. The second-order valence-corrected chi connectivity index (χ2v) is 6.58. The molecule has 1 saturated heterocycles. The van der Waals surface area contributed by atoms with E-state index in [1.165, 1.54) is 18.9 Å². The Balaban J connectivity index is 1.55. The van der Waals surface area contributed by atoms with Gasteiger partial charge < -0.3 is 9.47 Å². The van der Waals surface area contributed by atoms with Gasteiger partial charge in [0.15, 0.2) is 0 Å². The zero-order valence-electron chi connectivity index (χ0n) is 14.3. The fourth-order valence-electron chi connectivity index (χ4n) is 3.07. The smallest absolute Gasteiger partial charge is 0.369 e. The van der Waals surface area contributed by atoms with Crippen molar-refractivity contribution in [2.45, 2.75) is 26.2 Å². The van der Waals surface area contributed by atoms with E-state index >= 15 is 0 Å². The van der Waals surface area contributed by atoms with Gasteiger partial charge in [0, 0.05) is 51.2 Å². The maximum atomic E-state index is 12.8. The first-order valence-electron chi connectivity index (χ1n) is 8.51. The number of halogens is 3. The molecule has 25 heavy (non-hydrogen) atoms. The molecule has 0 saturated carbocycles. The predicted molar refractivity (Wildman–Crippen MR) is 91.4 cm³/mol. The van der Waals surface area contributed by atoms with E-state index < -0.39 is 12.1 Å². The third kappa shape index (κ3) is 4.54. The number of alkyl halides is 3. The monoisotopic (exact) mass is 352 g/mol. The van der Waals surface area contributed by atoms with Crippen molar-refractivity contribution in [2.75, 3.05) is 31.1 Å². The van der Waals surface area contributed by atoms with Crippen LogP contribution in [0, 0.1) is 5.92 Å². The molecule has 3 rings (SSSR count). The van der Waals surface area contributed by atoms with Crippen LogP contribution in [0.3, 0.4) is 0 Å². The van der Waals surface area contributed by atoms with Gasteiger partial charge in [-0.2, -0.15) is 13.2 Å². The second-order valence-electron chi connectivity index (χ2n) is 6.58. The van der Waals surface area contributed by atoms with Gasteiger partial charge in [-0.25, -0.2) is 4.98 Å². The summed E-state index contributed by atoms with van der Waals surface area (Å²) in [5.41, 5.74) is 2.05. The zero-order chi connectivity index (χ0) is 17.9. The lowest BCUT2D eigenvalue weighted by Crippen LogP contribution is -2.46. The topological polar surface area (TPSA) is 24.3 Å². The summed E-state index contributed by atoms with van der Waals surface area (Å²) in [5, 5.41) is 0. The summed E-state index contributed by atoms with van der Waals surface area (Å²) in [7, 11) is 0. The highest BCUT2D eigenvalue weighted by atomic mass is 19.4. The van der Waals surface area contributed by atoms with Crippen molar-refractivity contribution in [2.24, 2.45) is 5.92 Å². The van der Waals surface area contributed by atoms with Crippen molar-refractivity contribution in [3.05, 3.63) is 48.5 Å². The van der Waals surface area contributed by atoms with Crippen LogP contribution in [0.5, 0.6) is 0 Å². The van der Waals surface area contributed by atoms with E-state index in [0.717, 1.165) is 31.9 Å². The molecule has 0 aliphatic carbocycles. The number of hydrogen-bond donors (Lipinski definition) is 0. The fraction of sp³-hybridized carbons (Fsp3) is 0.500. The van der Waals surface area contributed by atoms with Gasteiger partial charge in [-0.1, -0.05) is 25.1 Å². The molecule has 0 spiro atoms. The van der Waals surface area contributed by atoms with Crippen LogP contribution < -0.4 is 4.90 Å². The van der Waals surface area contributed by atoms with Crippen molar-refractivity contribution in [3.63, 3.8) is 0 Å². The first kappa shape index (κ1) is 17.8. The number of para-hydroxylation sites is 1. The summed E-state index contributed by atoms with van der Waals surface area (Å²) in [6.45, 7) is 5.36. The Kier molecular flexibility index (Phi) is 5.32. The maximum Gasteiger partial charge on any atom is 0.393 e. The first-order valence-corrected chi connectivity index (χ1v) is 8.51. The van der Waals surface area contributed by atoms with Gasteiger partial charge in [-0.15, -0.1) is 0 Å². The molecule has 0 radical (unpaired) electrons. The van der Waals surface area contributed by atoms with E-state index in [1.54, 1.807) is 10.8 Å². The molecule has 1 fully saturated rings. The number of benzene rings is 1. The molecule has 1 aliphatic rings. The van der Waals surface area contributed by atoms with Gasteiger partial charge in [0.1, 0.15) is 0 Å². The zero-order valence-corrected chi connectivity index (χ0v) is 14.3. The number of anilines is 1. The molecule has 7 heteroatoms. The lowest BCUT2D eigenvalue weighted by Gasteiger charge is -2.36. The van der Waals surface area contributed by atoms with Crippen LogP contribution in [-0.2, 0) is 13.1 Å². The minimum absolute atomic E-state index is 0.0805. The summed E-state index contributed by atoms with van der Waals surface area (Å²) < 4.78 is 40.0. The molecular weight excluding hydrogens is 329 g/mol. The van der Waals surface area contributed by atoms with Crippen molar-refractivity contribution < 1.29 is 13.2 Å². The molecular formula is C18H23F3N4. The van der Waals surface area contributed by atoms with E-state index in [9.17, 15) is 13.2 Å². The molecule has 1 aliphatic heterocycles. The number of aromatic nitrogens is 2. The largest absolute Gasteiger partial charge is 0.393 e. The first-order chi connectivity index (χ1) is 11.9. The Hall–Kier alpha value is -2.02. The lowest BCUT2D eigenvalue weighted by atomic mass is 10.1. The molecule has 1 aromatic heterocycles. The van der Waals surface area contributed by atoms with Gasteiger partial charge in [0.05, 0.1) is 17.9 Å². The Bertz CT molecular complexity index is 660. The third-order valence-electron chi connectivity index (χ3n) is 4.71. The standard InChI is InChI=1S/C18H23F3N4/c1-15(18(19,20)21)12-25-14-22-11-17(25)13-23-7-9-24(10-8-23)16-5-3-2-4-6-16/h2-6,11,14-15H,7-10,12-13H2,1H3. The van der Waals surface area contributed by atoms with Gasteiger partial charge in [0.25, 0.3) is 0 Å². The summed E-state index contributed by atoms with van der Waals surface area (Å²) in [4.78, 5) is 8.65. The molecule has 1 unspecified atom stereocenters. The Morgan fingerprint density at radius 1 is 1.08 bits per heavy atom. The van der Waals surface area contributed by atoms with Crippen molar-refractivity contribution in [3.8, 4) is 0 Å². The van der Waals surface area contributed by atoms with E-state index in [4.69, 9.17) is 0 Å². The third-order valence-corrected chi connectivity index (χ3v) is 4.71. The molecule has 2 heterocycles. The van der Waals surface area contributed by atoms with Gasteiger partial charge in [0.2, 0.25) is 0 Å². The molecule has 0 N–H and O–H groups in total. The van der Waals surface area contributed by atoms with Crippen LogP contribution in [0.4, 0.5) is 18.9 Å². The highest BCUT2D eigenvalue weighted by Gasteiger charge is 2.36. The number of piperazine rings is 1. The Morgan fingerprint density at radius 3 is 2.40 bits per heavy atom. The lowest BCUT2D eigenvalue weighted by molar-refractivity contribution is -0.173. The van der Waals surface area contributed by atoms with Crippen LogP contribution in [0.25, 0.3) is 0 Å². The predicted octanol–water partition coefficient (Wildman–Crippen LogP) is 3.40. The van der Waals surface area contributed by atoms with Crippen LogP contribution in [0.1, 0.15) is 12.6 Å². The van der Waals surface area contributed by atoms with E-state index in [0.29, 0.717) is 6.54 Å². The fourth-order valence-corrected chi connectivity index (χ4v) is 3.07. The average Bonchev–Trinajstić information content (AvgIpc) is 3.02.